The molecule has 0 aliphatic carbocycles. The lowest BCUT2D eigenvalue weighted by atomic mass is 10.2. The van der Waals surface area contributed by atoms with Crippen LogP contribution < -0.4 is 4.74 Å². The fourth-order valence-corrected chi connectivity index (χ4v) is 2.22. The van der Waals surface area contributed by atoms with Crippen molar-refractivity contribution in [2.24, 2.45) is 0 Å². The third-order valence-electron chi connectivity index (χ3n) is 3.02. The molecule has 3 aromatic rings. The second kappa shape index (κ2) is 4.90. The first-order chi connectivity index (χ1) is 9.28. The third kappa shape index (κ3) is 2.27. The first-order valence-electron chi connectivity index (χ1n) is 5.86. The van der Waals surface area contributed by atoms with Crippen LogP contribution in [0.4, 0.5) is 0 Å². The van der Waals surface area contributed by atoms with E-state index in [1.54, 1.807) is 7.11 Å². The molecule has 0 saturated carbocycles. The molecule has 2 heterocycles. The van der Waals surface area contributed by atoms with E-state index in [1.165, 1.54) is 11.9 Å². The smallest absolute Gasteiger partial charge is 0.145 e. The zero-order valence-corrected chi connectivity index (χ0v) is 11.1. The zero-order chi connectivity index (χ0) is 13.2. The molecule has 0 amide bonds. The second-order valence-electron chi connectivity index (χ2n) is 4.19. The summed E-state index contributed by atoms with van der Waals surface area (Å²) in [7, 11) is 1.66. The summed E-state index contributed by atoms with van der Waals surface area (Å²) < 4.78 is 7.19. The van der Waals surface area contributed by atoms with Crippen molar-refractivity contribution in [3.8, 4) is 5.75 Å². The van der Waals surface area contributed by atoms with E-state index < -0.39 is 0 Å². The normalized spacial score (nSPS) is 10.8. The molecule has 3 rings (SSSR count). The van der Waals surface area contributed by atoms with Crippen molar-refractivity contribution in [1.82, 2.24) is 14.5 Å². The monoisotopic (exact) mass is 273 g/mol. The van der Waals surface area contributed by atoms with Gasteiger partial charge in [-0.1, -0.05) is 23.7 Å². The van der Waals surface area contributed by atoms with Crippen LogP contribution in [0.25, 0.3) is 11.0 Å². The van der Waals surface area contributed by atoms with Gasteiger partial charge in [0.1, 0.15) is 22.9 Å². The maximum atomic E-state index is 6.03. The zero-order valence-electron chi connectivity index (χ0n) is 10.4. The number of nitrogens with zero attached hydrogens (tertiary/aromatic N) is 3. The minimum Gasteiger partial charge on any atom is -0.497 e. The average Bonchev–Trinajstić information content (AvgIpc) is 2.84. The van der Waals surface area contributed by atoms with E-state index in [2.05, 4.69) is 9.97 Å². The molecule has 0 N–H and O–H groups in total. The van der Waals surface area contributed by atoms with E-state index in [9.17, 15) is 0 Å². The van der Waals surface area contributed by atoms with Gasteiger partial charge >= 0.3 is 0 Å². The SMILES string of the molecule is COc1ccc(Cn2ccc3c(Cl)ncnc32)cc1. The summed E-state index contributed by atoms with van der Waals surface area (Å²) in [4.78, 5) is 8.25. The van der Waals surface area contributed by atoms with Gasteiger partial charge in [0.15, 0.2) is 0 Å². The lowest BCUT2D eigenvalue weighted by Gasteiger charge is -2.06. The lowest BCUT2D eigenvalue weighted by molar-refractivity contribution is 0.414. The van der Waals surface area contributed by atoms with Crippen molar-refractivity contribution < 1.29 is 4.74 Å². The molecule has 0 aliphatic heterocycles. The standard InChI is InChI=1S/C14H12ClN3O/c1-19-11-4-2-10(3-5-11)8-18-7-6-12-13(15)16-9-17-14(12)18/h2-7,9H,8H2,1H3. The Balaban J connectivity index is 1.94. The van der Waals surface area contributed by atoms with Gasteiger partial charge in [-0.3, -0.25) is 0 Å². The molecule has 4 nitrogen and oxygen atoms in total. The number of ether oxygens (including phenoxy) is 1. The van der Waals surface area contributed by atoms with E-state index in [4.69, 9.17) is 16.3 Å². The summed E-state index contributed by atoms with van der Waals surface area (Å²) >= 11 is 6.03. The number of benzene rings is 1. The Morgan fingerprint density at radius 1 is 1.16 bits per heavy atom. The molecule has 2 aromatic heterocycles. The van der Waals surface area contributed by atoms with Crippen LogP contribution in [0.15, 0.2) is 42.9 Å². The Morgan fingerprint density at radius 3 is 2.68 bits per heavy atom. The van der Waals surface area contributed by atoms with Crippen molar-refractivity contribution in [1.29, 1.82) is 0 Å². The van der Waals surface area contributed by atoms with Gasteiger partial charge in [-0.2, -0.15) is 0 Å². The van der Waals surface area contributed by atoms with Crippen molar-refractivity contribution in [3.63, 3.8) is 0 Å². The second-order valence-corrected chi connectivity index (χ2v) is 4.55. The summed E-state index contributed by atoms with van der Waals surface area (Å²) in [5, 5.41) is 1.36. The number of halogens is 1. The van der Waals surface area contributed by atoms with Crippen LogP contribution in [0.5, 0.6) is 5.75 Å². The molecule has 0 fully saturated rings. The predicted octanol–water partition coefficient (Wildman–Crippen LogP) is 3.14. The Hall–Kier alpha value is -2.07. The fourth-order valence-electron chi connectivity index (χ4n) is 2.03. The Morgan fingerprint density at radius 2 is 1.95 bits per heavy atom. The van der Waals surface area contributed by atoms with Crippen molar-refractivity contribution in [2.45, 2.75) is 6.54 Å². The first-order valence-corrected chi connectivity index (χ1v) is 6.24. The third-order valence-corrected chi connectivity index (χ3v) is 3.32. The molecule has 1 aromatic carbocycles. The molecule has 0 spiro atoms. The fraction of sp³-hybridized carbons (Fsp3) is 0.143. The topological polar surface area (TPSA) is 39.9 Å². The van der Waals surface area contributed by atoms with E-state index in [0.717, 1.165) is 23.3 Å². The van der Waals surface area contributed by atoms with E-state index in [-0.39, 0.29) is 0 Å². The van der Waals surface area contributed by atoms with Gasteiger partial charge in [0.25, 0.3) is 0 Å². The van der Waals surface area contributed by atoms with Gasteiger partial charge in [0, 0.05) is 12.7 Å². The van der Waals surface area contributed by atoms with Crippen molar-refractivity contribution in [2.75, 3.05) is 7.11 Å². The minimum absolute atomic E-state index is 0.485. The molecule has 19 heavy (non-hydrogen) atoms. The number of hydrogen-bond donors (Lipinski definition) is 0. The number of hydrogen-bond acceptors (Lipinski definition) is 3. The molecule has 0 aliphatic rings. The highest BCUT2D eigenvalue weighted by atomic mass is 35.5. The quantitative estimate of drug-likeness (QED) is 0.688. The summed E-state index contributed by atoms with van der Waals surface area (Å²) in [6, 6.07) is 9.90. The molecule has 0 bridgehead atoms. The molecule has 0 radical (unpaired) electrons. The highest BCUT2D eigenvalue weighted by molar-refractivity contribution is 6.33. The minimum atomic E-state index is 0.485. The van der Waals surface area contributed by atoms with Crippen LogP contribution in [0, 0.1) is 0 Å². The van der Waals surface area contributed by atoms with Crippen molar-refractivity contribution in [3.05, 3.63) is 53.6 Å². The van der Waals surface area contributed by atoms with Crippen LogP contribution >= 0.6 is 11.6 Å². The van der Waals surface area contributed by atoms with Gasteiger partial charge in [-0.05, 0) is 23.8 Å². The maximum Gasteiger partial charge on any atom is 0.145 e. The molecular formula is C14H12ClN3O. The summed E-state index contributed by atoms with van der Waals surface area (Å²) in [5.41, 5.74) is 2.02. The number of rotatable bonds is 3. The van der Waals surface area contributed by atoms with E-state index in [1.807, 2.05) is 41.1 Å². The summed E-state index contributed by atoms with van der Waals surface area (Å²) in [6.45, 7) is 0.737. The van der Waals surface area contributed by atoms with Crippen LogP contribution in [-0.4, -0.2) is 21.6 Å². The largest absolute Gasteiger partial charge is 0.497 e. The molecule has 0 atom stereocenters. The predicted molar refractivity (Wildman–Crippen MR) is 74.6 cm³/mol. The Bertz CT molecular complexity index is 706. The van der Waals surface area contributed by atoms with E-state index >= 15 is 0 Å². The molecule has 96 valence electrons. The van der Waals surface area contributed by atoms with Gasteiger partial charge in [-0.15, -0.1) is 0 Å². The van der Waals surface area contributed by atoms with Gasteiger partial charge in [0.2, 0.25) is 0 Å². The van der Waals surface area contributed by atoms with Crippen molar-refractivity contribution >= 4 is 22.6 Å². The van der Waals surface area contributed by atoms with Gasteiger partial charge in [-0.25, -0.2) is 9.97 Å². The average molecular weight is 274 g/mol. The first kappa shape index (κ1) is 12.0. The number of methoxy groups -OCH3 is 1. The molecular weight excluding hydrogens is 262 g/mol. The molecule has 0 unspecified atom stereocenters. The van der Waals surface area contributed by atoms with Crippen LogP contribution in [0.3, 0.4) is 0 Å². The van der Waals surface area contributed by atoms with Gasteiger partial charge < -0.3 is 9.30 Å². The highest BCUT2D eigenvalue weighted by Gasteiger charge is 2.06. The summed E-state index contributed by atoms with van der Waals surface area (Å²) in [5.74, 6) is 0.853. The van der Waals surface area contributed by atoms with E-state index in [0.29, 0.717) is 5.15 Å². The maximum absolute atomic E-state index is 6.03. The van der Waals surface area contributed by atoms with Crippen LogP contribution in [-0.2, 0) is 6.54 Å². The Labute approximate surface area is 115 Å². The van der Waals surface area contributed by atoms with Crippen LogP contribution in [0.2, 0.25) is 5.15 Å². The van der Waals surface area contributed by atoms with Gasteiger partial charge in [0.05, 0.1) is 12.5 Å². The molecule has 0 saturated heterocycles. The highest BCUT2D eigenvalue weighted by Crippen LogP contribution is 2.21. The lowest BCUT2D eigenvalue weighted by Crippen LogP contribution is -1.99. The number of fused-ring (bicyclic) bond motifs is 1. The summed E-state index contributed by atoms with van der Waals surface area (Å²) in [6.07, 6.45) is 3.45. The number of aromatic nitrogens is 3. The Kier molecular flexibility index (Phi) is 3.09. The van der Waals surface area contributed by atoms with Crippen LogP contribution in [0.1, 0.15) is 5.56 Å². The molecule has 5 heteroatoms.